The maximum Gasteiger partial charge on any atom is 0.341 e. The molecule has 0 spiro atoms. The van der Waals surface area contributed by atoms with Crippen LogP contribution in [0.15, 0.2) is 48.5 Å². The van der Waals surface area contributed by atoms with E-state index in [0.29, 0.717) is 5.56 Å². The van der Waals surface area contributed by atoms with Crippen LogP contribution in [-0.4, -0.2) is 29.3 Å². The molecule has 0 aliphatic heterocycles. The van der Waals surface area contributed by atoms with Crippen molar-refractivity contribution in [3.63, 3.8) is 0 Å². The Labute approximate surface area is 120 Å². The minimum atomic E-state index is -0.879. The smallest absolute Gasteiger partial charge is 0.341 e. The first kappa shape index (κ1) is 16.2. The fourth-order valence-electron chi connectivity index (χ4n) is 1.36. The van der Waals surface area contributed by atoms with Crippen molar-refractivity contribution < 1.29 is 28.9 Å². The largest absolute Gasteiger partial charge is 0.507 e. The summed E-state index contributed by atoms with van der Waals surface area (Å²) in [5.41, 5.74) is 0.162. The number of aromatic hydroxyl groups is 1. The Morgan fingerprint density at radius 3 is 2.19 bits per heavy atom. The molecule has 0 bridgehead atoms. The molecular weight excluding hydrogens is 279 g/mol. The lowest BCUT2D eigenvalue weighted by molar-refractivity contribution is 0.0596. The number of carbonyl (C=O) groups is 2. The van der Waals surface area contributed by atoms with E-state index in [1.165, 1.54) is 0 Å². The maximum atomic E-state index is 12.5. The molecule has 21 heavy (non-hydrogen) atoms. The SMILES string of the molecule is COC(=O)c1cc(F)ccc1O.O=C(O)c1ccccc1. The van der Waals surface area contributed by atoms with E-state index in [2.05, 4.69) is 4.74 Å². The molecule has 0 unspecified atom stereocenters. The van der Waals surface area contributed by atoms with Gasteiger partial charge in [-0.1, -0.05) is 18.2 Å². The number of esters is 1. The van der Waals surface area contributed by atoms with Crippen molar-refractivity contribution in [1.29, 1.82) is 0 Å². The average Bonchev–Trinajstić information content (AvgIpc) is 2.50. The van der Waals surface area contributed by atoms with Crippen molar-refractivity contribution in [3.05, 3.63) is 65.5 Å². The van der Waals surface area contributed by atoms with Crippen LogP contribution >= 0.6 is 0 Å². The van der Waals surface area contributed by atoms with E-state index in [1.807, 2.05) is 0 Å². The summed E-state index contributed by atoms with van der Waals surface area (Å²) in [5.74, 6) is -2.51. The monoisotopic (exact) mass is 292 g/mol. The lowest BCUT2D eigenvalue weighted by Gasteiger charge is -2.01. The minimum absolute atomic E-state index is 0.169. The number of methoxy groups -OCH3 is 1. The van der Waals surface area contributed by atoms with Gasteiger partial charge in [-0.3, -0.25) is 0 Å². The van der Waals surface area contributed by atoms with Crippen LogP contribution in [0.3, 0.4) is 0 Å². The Bertz CT molecular complexity index is 625. The second-order valence-corrected chi connectivity index (χ2v) is 3.82. The van der Waals surface area contributed by atoms with E-state index < -0.39 is 17.8 Å². The summed E-state index contributed by atoms with van der Waals surface area (Å²) in [6, 6.07) is 11.4. The summed E-state index contributed by atoms with van der Waals surface area (Å²) in [6.45, 7) is 0. The highest BCUT2D eigenvalue weighted by Gasteiger charge is 2.11. The summed E-state index contributed by atoms with van der Waals surface area (Å²) >= 11 is 0. The van der Waals surface area contributed by atoms with Crippen LogP contribution in [0.1, 0.15) is 20.7 Å². The fraction of sp³-hybridized carbons (Fsp3) is 0.0667. The van der Waals surface area contributed by atoms with E-state index in [1.54, 1.807) is 30.3 Å². The van der Waals surface area contributed by atoms with E-state index in [0.717, 1.165) is 25.3 Å². The molecule has 0 aliphatic carbocycles. The van der Waals surface area contributed by atoms with Crippen LogP contribution in [-0.2, 0) is 4.74 Å². The standard InChI is InChI=1S/C8H7FO3.C7H6O2/c1-12-8(11)6-4-5(9)2-3-7(6)10;8-7(9)6-4-2-1-3-5-6/h2-4,10H,1H3;1-5H,(H,8,9). The van der Waals surface area contributed by atoms with Crippen LogP contribution in [0.25, 0.3) is 0 Å². The van der Waals surface area contributed by atoms with Crippen molar-refractivity contribution in [2.45, 2.75) is 0 Å². The van der Waals surface area contributed by atoms with Gasteiger partial charge in [-0.15, -0.1) is 0 Å². The molecule has 0 aliphatic rings. The Kier molecular flexibility index (Phi) is 5.88. The van der Waals surface area contributed by atoms with Gasteiger partial charge in [0.25, 0.3) is 0 Å². The van der Waals surface area contributed by atoms with Crippen molar-refractivity contribution in [1.82, 2.24) is 0 Å². The predicted molar refractivity (Wildman–Crippen MR) is 72.8 cm³/mol. The van der Waals surface area contributed by atoms with E-state index >= 15 is 0 Å². The molecule has 0 fully saturated rings. The van der Waals surface area contributed by atoms with Crippen LogP contribution in [0, 0.1) is 5.82 Å². The van der Waals surface area contributed by atoms with Gasteiger partial charge >= 0.3 is 11.9 Å². The van der Waals surface area contributed by atoms with Gasteiger partial charge in [0, 0.05) is 0 Å². The number of aromatic carboxylic acids is 1. The molecule has 2 aromatic carbocycles. The van der Waals surface area contributed by atoms with Gasteiger partial charge in [0.1, 0.15) is 17.1 Å². The van der Waals surface area contributed by atoms with Gasteiger partial charge in [-0.2, -0.15) is 0 Å². The first-order valence-electron chi connectivity index (χ1n) is 5.81. The van der Waals surface area contributed by atoms with Crippen LogP contribution in [0.2, 0.25) is 0 Å². The molecule has 0 heterocycles. The fourth-order valence-corrected chi connectivity index (χ4v) is 1.36. The molecule has 0 aromatic heterocycles. The number of carboxylic acids is 1. The van der Waals surface area contributed by atoms with Crippen LogP contribution < -0.4 is 0 Å². The van der Waals surface area contributed by atoms with Gasteiger partial charge in [-0.05, 0) is 30.3 Å². The number of halogens is 1. The normalized spacial score (nSPS) is 9.24. The van der Waals surface area contributed by atoms with E-state index in [-0.39, 0.29) is 11.3 Å². The second kappa shape index (κ2) is 7.64. The first-order chi connectivity index (χ1) is 9.95. The van der Waals surface area contributed by atoms with E-state index in [4.69, 9.17) is 10.2 Å². The average molecular weight is 292 g/mol. The Balaban J connectivity index is 0.000000219. The number of phenols is 1. The van der Waals surface area contributed by atoms with Crippen LogP contribution in [0.5, 0.6) is 5.75 Å². The second-order valence-electron chi connectivity index (χ2n) is 3.82. The summed E-state index contributed by atoms with van der Waals surface area (Å²) in [5, 5.41) is 17.5. The highest BCUT2D eigenvalue weighted by Crippen LogP contribution is 2.18. The maximum absolute atomic E-state index is 12.5. The molecule has 5 nitrogen and oxygen atoms in total. The minimum Gasteiger partial charge on any atom is -0.507 e. The lowest BCUT2D eigenvalue weighted by Crippen LogP contribution is -2.01. The molecule has 2 N–H and O–H groups in total. The Morgan fingerprint density at radius 2 is 1.71 bits per heavy atom. The number of carbonyl (C=O) groups excluding carboxylic acids is 1. The molecule has 0 saturated heterocycles. The third kappa shape index (κ3) is 4.94. The topological polar surface area (TPSA) is 83.8 Å². The predicted octanol–water partition coefficient (Wildman–Crippen LogP) is 2.70. The van der Waals surface area contributed by atoms with Gasteiger partial charge < -0.3 is 14.9 Å². The molecular formula is C15H13FO5. The number of hydrogen-bond donors (Lipinski definition) is 2. The third-order valence-corrected chi connectivity index (χ3v) is 2.38. The number of hydrogen-bond acceptors (Lipinski definition) is 4. The molecule has 0 atom stereocenters. The molecule has 2 rings (SSSR count). The van der Waals surface area contributed by atoms with Crippen molar-refractivity contribution in [2.24, 2.45) is 0 Å². The van der Waals surface area contributed by atoms with Crippen LogP contribution in [0.4, 0.5) is 4.39 Å². The molecule has 110 valence electrons. The number of benzene rings is 2. The molecule has 0 radical (unpaired) electrons. The number of ether oxygens (including phenoxy) is 1. The van der Waals surface area contributed by atoms with Crippen molar-refractivity contribution in [2.75, 3.05) is 7.11 Å². The molecule has 2 aromatic rings. The Hall–Kier alpha value is -2.89. The first-order valence-corrected chi connectivity index (χ1v) is 5.81. The zero-order valence-corrected chi connectivity index (χ0v) is 11.1. The summed E-state index contributed by atoms with van der Waals surface area (Å²) in [6.07, 6.45) is 0. The Morgan fingerprint density at radius 1 is 1.10 bits per heavy atom. The lowest BCUT2D eigenvalue weighted by atomic mass is 10.2. The summed E-state index contributed by atoms with van der Waals surface area (Å²) in [4.78, 5) is 21.0. The third-order valence-electron chi connectivity index (χ3n) is 2.38. The van der Waals surface area contributed by atoms with Gasteiger partial charge in [0.2, 0.25) is 0 Å². The zero-order chi connectivity index (χ0) is 15.8. The van der Waals surface area contributed by atoms with Gasteiger partial charge in [0.05, 0.1) is 12.7 Å². The number of rotatable bonds is 2. The van der Waals surface area contributed by atoms with Crippen molar-refractivity contribution in [3.8, 4) is 5.75 Å². The molecule has 0 amide bonds. The number of carboxylic acid groups (broad SMARTS) is 1. The number of phenolic OH excluding ortho intramolecular Hbond substituents is 1. The highest BCUT2D eigenvalue weighted by molar-refractivity contribution is 5.92. The molecule has 0 saturated carbocycles. The van der Waals surface area contributed by atoms with Gasteiger partial charge in [-0.25, -0.2) is 14.0 Å². The van der Waals surface area contributed by atoms with Gasteiger partial charge in [0.15, 0.2) is 0 Å². The van der Waals surface area contributed by atoms with E-state index in [9.17, 15) is 14.0 Å². The quantitative estimate of drug-likeness (QED) is 0.831. The molecule has 6 heteroatoms. The summed E-state index contributed by atoms with van der Waals surface area (Å²) in [7, 11) is 1.16. The zero-order valence-electron chi connectivity index (χ0n) is 11.1. The van der Waals surface area contributed by atoms with Crippen molar-refractivity contribution >= 4 is 11.9 Å². The summed E-state index contributed by atoms with van der Waals surface area (Å²) < 4.78 is 16.8. The highest BCUT2D eigenvalue weighted by atomic mass is 19.1.